The van der Waals surface area contributed by atoms with Crippen LogP contribution in [0.5, 0.6) is 0 Å². The van der Waals surface area contributed by atoms with E-state index in [0.717, 1.165) is 11.1 Å². The Morgan fingerprint density at radius 3 is 2.64 bits per heavy atom. The molecule has 1 aromatic rings. The van der Waals surface area contributed by atoms with Crippen molar-refractivity contribution in [2.75, 3.05) is 0 Å². The molecular weight excluding hydrogens is 180 g/mol. The predicted octanol–water partition coefficient (Wildman–Crippen LogP) is 0.0997. The van der Waals surface area contributed by atoms with E-state index in [-0.39, 0.29) is 0 Å². The first-order valence-electron chi connectivity index (χ1n) is 4.39. The van der Waals surface area contributed by atoms with Crippen LogP contribution < -0.4 is 11.5 Å². The maximum absolute atomic E-state index is 10.5. The first-order valence-corrected chi connectivity index (χ1v) is 4.39. The fourth-order valence-electron chi connectivity index (χ4n) is 1.22. The van der Waals surface area contributed by atoms with Gasteiger partial charge in [0.15, 0.2) is 0 Å². The molecule has 0 unspecified atom stereocenters. The lowest BCUT2D eigenvalue weighted by atomic mass is 10.0. The maximum Gasteiger partial charge on any atom is 0.320 e. The molecule has 0 spiro atoms. The quantitative estimate of drug-likeness (QED) is 0.634. The van der Waals surface area contributed by atoms with Crippen LogP contribution in [-0.4, -0.2) is 17.1 Å². The molecule has 0 saturated carbocycles. The Balaban J connectivity index is 2.71. The highest BCUT2D eigenvalue weighted by molar-refractivity contribution is 5.73. The van der Waals surface area contributed by atoms with Gasteiger partial charge in [-0.05, 0) is 17.5 Å². The smallest absolute Gasteiger partial charge is 0.320 e. The molecule has 1 atom stereocenters. The summed E-state index contributed by atoms with van der Waals surface area (Å²) in [6, 6.07) is 6.63. The number of hydrogen-bond donors (Lipinski definition) is 3. The lowest BCUT2D eigenvalue weighted by Crippen LogP contribution is -2.32. The average Bonchev–Trinajstić information content (AvgIpc) is 2.18. The van der Waals surface area contributed by atoms with E-state index >= 15 is 0 Å². The number of carboxylic acids is 1. The minimum atomic E-state index is -0.983. The van der Waals surface area contributed by atoms with Crippen LogP contribution in [0, 0.1) is 0 Å². The Morgan fingerprint density at radius 2 is 2.07 bits per heavy atom. The lowest BCUT2D eigenvalue weighted by molar-refractivity contribution is -0.138. The molecule has 0 bridgehead atoms. The third-order valence-corrected chi connectivity index (χ3v) is 2.00. The van der Waals surface area contributed by atoms with Crippen molar-refractivity contribution in [3.8, 4) is 0 Å². The zero-order chi connectivity index (χ0) is 10.6. The zero-order valence-electron chi connectivity index (χ0n) is 7.81. The normalized spacial score (nSPS) is 12.4. The van der Waals surface area contributed by atoms with Crippen molar-refractivity contribution < 1.29 is 9.90 Å². The van der Waals surface area contributed by atoms with E-state index in [1.165, 1.54) is 0 Å². The van der Waals surface area contributed by atoms with Crippen molar-refractivity contribution in [2.45, 2.75) is 19.0 Å². The van der Waals surface area contributed by atoms with Crippen LogP contribution in [0.2, 0.25) is 0 Å². The molecule has 0 saturated heterocycles. The molecule has 4 heteroatoms. The Kier molecular flexibility index (Phi) is 3.62. The van der Waals surface area contributed by atoms with Gasteiger partial charge in [-0.15, -0.1) is 0 Å². The molecule has 0 aliphatic carbocycles. The number of benzene rings is 1. The highest BCUT2D eigenvalue weighted by atomic mass is 16.4. The molecule has 14 heavy (non-hydrogen) atoms. The minimum Gasteiger partial charge on any atom is -0.480 e. The number of aliphatic carboxylic acids is 1. The molecule has 0 aliphatic heterocycles. The SMILES string of the molecule is NCc1cccc(C[C@@H](N)C(=O)O)c1. The van der Waals surface area contributed by atoms with Crippen LogP contribution in [0.1, 0.15) is 11.1 Å². The van der Waals surface area contributed by atoms with Gasteiger partial charge >= 0.3 is 5.97 Å². The minimum absolute atomic E-state index is 0.336. The summed E-state index contributed by atoms with van der Waals surface area (Å²) in [5.74, 6) is -0.983. The standard InChI is InChI=1S/C10H14N2O2/c11-6-8-3-1-2-7(4-8)5-9(12)10(13)14/h1-4,9H,5-6,11-12H2,(H,13,14)/t9-/m1/s1. The second-order valence-electron chi connectivity index (χ2n) is 3.17. The van der Waals surface area contributed by atoms with Gasteiger partial charge in [-0.1, -0.05) is 24.3 Å². The van der Waals surface area contributed by atoms with Crippen LogP contribution in [-0.2, 0) is 17.8 Å². The monoisotopic (exact) mass is 194 g/mol. The molecule has 1 aromatic carbocycles. The Morgan fingerprint density at radius 1 is 1.43 bits per heavy atom. The summed E-state index contributed by atoms with van der Waals surface area (Å²) in [6.07, 6.45) is 0.336. The topological polar surface area (TPSA) is 89.3 Å². The lowest BCUT2D eigenvalue weighted by Gasteiger charge is -2.07. The highest BCUT2D eigenvalue weighted by Gasteiger charge is 2.11. The van der Waals surface area contributed by atoms with Gasteiger partial charge in [0.1, 0.15) is 6.04 Å². The van der Waals surface area contributed by atoms with Crippen molar-refractivity contribution >= 4 is 5.97 Å². The number of rotatable bonds is 4. The molecular formula is C10H14N2O2. The van der Waals surface area contributed by atoms with Crippen LogP contribution >= 0.6 is 0 Å². The van der Waals surface area contributed by atoms with Gasteiger partial charge in [-0.3, -0.25) is 4.79 Å². The summed E-state index contributed by atoms with van der Waals surface area (Å²) in [5.41, 5.74) is 12.8. The van der Waals surface area contributed by atoms with Gasteiger partial charge in [0.05, 0.1) is 0 Å². The summed E-state index contributed by atoms with van der Waals surface area (Å²) in [5, 5.41) is 8.62. The molecule has 0 aromatic heterocycles. The van der Waals surface area contributed by atoms with E-state index in [0.29, 0.717) is 13.0 Å². The Bertz CT molecular complexity index is 326. The highest BCUT2D eigenvalue weighted by Crippen LogP contribution is 2.06. The van der Waals surface area contributed by atoms with Gasteiger partial charge in [0.2, 0.25) is 0 Å². The van der Waals surface area contributed by atoms with Gasteiger partial charge in [0.25, 0.3) is 0 Å². The second-order valence-corrected chi connectivity index (χ2v) is 3.17. The third kappa shape index (κ3) is 2.83. The Hall–Kier alpha value is -1.39. The Labute approximate surface area is 82.5 Å². The first-order chi connectivity index (χ1) is 6.63. The molecule has 4 nitrogen and oxygen atoms in total. The summed E-state index contributed by atoms with van der Waals surface area (Å²) >= 11 is 0. The van der Waals surface area contributed by atoms with Gasteiger partial charge in [0, 0.05) is 6.54 Å². The average molecular weight is 194 g/mol. The molecule has 0 aliphatic rings. The van der Waals surface area contributed by atoms with E-state index in [1.54, 1.807) is 0 Å². The van der Waals surface area contributed by atoms with Crippen molar-refractivity contribution in [1.82, 2.24) is 0 Å². The number of carboxylic acid groups (broad SMARTS) is 1. The number of hydrogen-bond acceptors (Lipinski definition) is 3. The van der Waals surface area contributed by atoms with E-state index in [4.69, 9.17) is 16.6 Å². The fraction of sp³-hybridized carbons (Fsp3) is 0.300. The first kappa shape index (κ1) is 10.7. The van der Waals surface area contributed by atoms with E-state index in [9.17, 15) is 4.79 Å². The van der Waals surface area contributed by atoms with Gasteiger partial charge in [-0.25, -0.2) is 0 Å². The summed E-state index contributed by atoms with van der Waals surface area (Å²) in [6.45, 7) is 0.455. The van der Waals surface area contributed by atoms with E-state index in [1.807, 2.05) is 24.3 Å². The van der Waals surface area contributed by atoms with Crippen molar-refractivity contribution in [2.24, 2.45) is 11.5 Å². The molecule has 76 valence electrons. The second kappa shape index (κ2) is 4.74. The predicted molar refractivity (Wildman–Crippen MR) is 53.6 cm³/mol. The molecule has 0 heterocycles. The molecule has 0 fully saturated rings. The maximum atomic E-state index is 10.5. The largest absolute Gasteiger partial charge is 0.480 e. The van der Waals surface area contributed by atoms with Gasteiger partial charge < -0.3 is 16.6 Å². The number of nitrogens with two attached hydrogens (primary N) is 2. The van der Waals surface area contributed by atoms with Crippen LogP contribution in [0.4, 0.5) is 0 Å². The van der Waals surface area contributed by atoms with E-state index < -0.39 is 12.0 Å². The zero-order valence-corrected chi connectivity index (χ0v) is 7.81. The molecule has 5 N–H and O–H groups in total. The summed E-state index contributed by atoms with van der Waals surface area (Å²) in [7, 11) is 0. The van der Waals surface area contributed by atoms with E-state index in [2.05, 4.69) is 0 Å². The summed E-state index contributed by atoms with van der Waals surface area (Å²) in [4.78, 5) is 10.5. The molecule has 0 radical (unpaired) electrons. The molecule has 1 rings (SSSR count). The third-order valence-electron chi connectivity index (χ3n) is 2.00. The van der Waals surface area contributed by atoms with Crippen molar-refractivity contribution in [3.63, 3.8) is 0 Å². The molecule has 0 amide bonds. The van der Waals surface area contributed by atoms with Crippen LogP contribution in [0.3, 0.4) is 0 Å². The fourth-order valence-corrected chi connectivity index (χ4v) is 1.22. The van der Waals surface area contributed by atoms with Crippen molar-refractivity contribution in [3.05, 3.63) is 35.4 Å². The summed E-state index contributed by atoms with van der Waals surface area (Å²) < 4.78 is 0. The number of carbonyl (C=O) groups is 1. The van der Waals surface area contributed by atoms with Crippen LogP contribution in [0.25, 0.3) is 0 Å². The van der Waals surface area contributed by atoms with Crippen LogP contribution in [0.15, 0.2) is 24.3 Å². The van der Waals surface area contributed by atoms with Crippen molar-refractivity contribution in [1.29, 1.82) is 0 Å². The van der Waals surface area contributed by atoms with Gasteiger partial charge in [-0.2, -0.15) is 0 Å².